The maximum atomic E-state index is 14.2. The molecule has 3 saturated heterocycles. The van der Waals surface area contributed by atoms with Crippen LogP contribution >= 0.6 is 0 Å². The molecule has 3 fully saturated rings. The van der Waals surface area contributed by atoms with Crippen LogP contribution in [0.4, 0.5) is 4.79 Å². The van der Waals surface area contributed by atoms with Crippen molar-refractivity contribution in [1.82, 2.24) is 4.90 Å². The Bertz CT molecular complexity index is 1780. The van der Waals surface area contributed by atoms with Gasteiger partial charge in [0.15, 0.2) is 18.5 Å². The van der Waals surface area contributed by atoms with Gasteiger partial charge in [0.2, 0.25) is 5.91 Å². The fourth-order valence-electron chi connectivity index (χ4n) is 7.22. The molecule has 19 heteroatoms. The fourth-order valence-corrected chi connectivity index (χ4v) is 7.22. The molecule has 3 heterocycles. The normalized spacial score (nSPS) is 28.7. The summed E-state index contributed by atoms with van der Waals surface area (Å²) in [6.07, 6.45) is -15.4. The average molecular weight is 832 g/mol. The molecule has 2 aromatic carbocycles. The van der Waals surface area contributed by atoms with Gasteiger partial charge in [0.05, 0.1) is 33.4 Å². The Kier molecular flexibility index (Phi) is 15.5. The zero-order valence-corrected chi connectivity index (χ0v) is 33.4. The van der Waals surface area contributed by atoms with Crippen molar-refractivity contribution in [3.05, 3.63) is 71.8 Å². The largest absolute Gasteiger partial charge is 0.465 e. The van der Waals surface area contributed by atoms with E-state index in [9.17, 15) is 33.9 Å². The molecule has 3 aliphatic rings. The molecule has 2 aromatic rings. The molecule has 2 amide bonds. The van der Waals surface area contributed by atoms with Gasteiger partial charge in [-0.3, -0.25) is 19.2 Å². The van der Waals surface area contributed by atoms with E-state index in [2.05, 4.69) is 0 Å². The second kappa shape index (κ2) is 20.3. The number of imide groups is 1. The van der Waals surface area contributed by atoms with Crippen LogP contribution in [0.2, 0.25) is 0 Å². The van der Waals surface area contributed by atoms with Gasteiger partial charge in [-0.2, -0.15) is 0 Å². The van der Waals surface area contributed by atoms with Crippen molar-refractivity contribution in [2.24, 2.45) is 0 Å². The van der Waals surface area contributed by atoms with Crippen molar-refractivity contribution >= 4 is 35.9 Å². The van der Waals surface area contributed by atoms with E-state index in [0.29, 0.717) is 4.90 Å². The van der Waals surface area contributed by atoms with Gasteiger partial charge in [-0.05, 0) is 11.1 Å². The summed E-state index contributed by atoms with van der Waals surface area (Å²) >= 11 is 0. The number of benzene rings is 2. The third-order valence-corrected chi connectivity index (χ3v) is 9.71. The van der Waals surface area contributed by atoms with E-state index in [-0.39, 0.29) is 19.8 Å². The van der Waals surface area contributed by atoms with Gasteiger partial charge in [0.1, 0.15) is 49.3 Å². The van der Waals surface area contributed by atoms with E-state index in [4.69, 9.17) is 52.1 Å². The number of nitrogens with zero attached hydrogens (tertiary/aromatic N) is 1. The summed E-state index contributed by atoms with van der Waals surface area (Å²) in [6, 6.07) is 16.8. The average Bonchev–Trinajstić information content (AvgIpc) is 3.54. The molecule has 0 spiro atoms. The van der Waals surface area contributed by atoms with Crippen LogP contribution in [0.15, 0.2) is 60.7 Å². The molecule has 19 nitrogen and oxygen atoms in total. The van der Waals surface area contributed by atoms with Crippen LogP contribution in [0, 0.1) is 0 Å². The molecule has 0 aliphatic carbocycles. The summed E-state index contributed by atoms with van der Waals surface area (Å²) in [6.45, 7) is 3.42. The lowest BCUT2D eigenvalue weighted by molar-refractivity contribution is -0.373. The molecule has 3 aliphatic heterocycles. The van der Waals surface area contributed by atoms with Crippen molar-refractivity contribution in [2.45, 2.75) is 114 Å². The summed E-state index contributed by atoms with van der Waals surface area (Å²) in [5.41, 5.74) is 1.56. The number of aliphatic hydroxyl groups excluding tert-OH is 1. The Morgan fingerprint density at radius 2 is 1.49 bits per heavy atom. The highest BCUT2D eigenvalue weighted by atomic mass is 16.8. The van der Waals surface area contributed by atoms with Gasteiger partial charge in [-0.25, -0.2) is 14.5 Å². The molecule has 0 unspecified atom stereocenters. The van der Waals surface area contributed by atoms with E-state index in [1.54, 1.807) is 24.3 Å². The Labute approximate surface area is 339 Å². The van der Waals surface area contributed by atoms with Crippen LogP contribution in [-0.2, 0) is 89.3 Å². The van der Waals surface area contributed by atoms with E-state index in [1.165, 1.54) is 7.11 Å². The number of carbonyl (C=O) groups excluding carboxylic acids is 6. The number of aliphatic hydroxyl groups is 1. The zero-order valence-electron chi connectivity index (χ0n) is 33.4. The van der Waals surface area contributed by atoms with Crippen molar-refractivity contribution < 1.29 is 86.0 Å². The van der Waals surface area contributed by atoms with Gasteiger partial charge in [-0.15, -0.1) is 0 Å². The fraction of sp³-hybridized carbons (Fsp3) is 0.550. The molecule has 1 N–H and O–H groups in total. The number of rotatable bonds is 17. The Morgan fingerprint density at radius 1 is 0.864 bits per heavy atom. The number of methoxy groups -OCH3 is 2. The predicted molar refractivity (Wildman–Crippen MR) is 196 cm³/mol. The standard InChI is InChI=1S/C40H49NO18/c1-22(42)41-31-28(57-39(41)48)17-40(38(47)50-6,58-34(31)33(55-25(4)45)30(54-24(3)44)21-52-23(2)43)59-35-32(46)29(20-51-18-26-13-9-7-10-14-26)56-37(49-5)36(35)53-19-27-15-11-8-12-16-27/h7-16,28-37,46H,17-21H2,1-6H3/t28-,29+,30+,31+,32-,33+,34+,35-,36+,37+,40-/m0/s1. The lowest BCUT2D eigenvalue weighted by Gasteiger charge is -2.50. The Balaban J connectivity index is 1.59. The van der Waals surface area contributed by atoms with Crippen molar-refractivity contribution in [3.8, 4) is 0 Å². The summed E-state index contributed by atoms with van der Waals surface area (Å²) in [5, 5.41) is 12.1. The molecule has 11 atom stereocenters. The van der Waals surface area contributed by atoms with E-state index < -0.39 is 116 Å². The van der Waals surface area contributed by atoms with Gasteiger partial charge >= 0.3 is 30.0 Å². The number of carbonyl (C=O) groups is 6. The smallest absolute Gasteiger partial charge is 0.417 e. The van der Waals surface area contributed by atoms with Gasteiger partial charge in [0, 0.05) is 34.8 Å². The molecule has 322 valence electrons. The topological polar surface area (TPSA) is 227 Å². The van der Waals surface area contributed by atoms with Gasteiger partial charge < -0.3 is 57.2 Å². The summed E-state index contributed by atoms with van der Waals surface area (Å²) in [4.78, 5) is 78.2. The highest BCUT2D eigenvalue weighted by molar-refractivity contribution is 5.93. The summed E-state index contributed by atoms with van der Waals surface area (Å²) in [5.74, 6) is -7.34. The molecule has 59 heavy (non-hydrogen) atoms. The van der Waals surface area contributed by atoms with Gasteiger partial charge in [-0.1, -0.05) is 60.7 Å². The molecular formula is C40H49NO18. The van der Waals surface area contributed by atoms with E-state index in [0.717, 1.165) is 45.9 Å². The summed E-state index contributed by atoms with van der Waals surface area (Å²) in [7, 11) is 2.36. The minimum Gasteiger partial charge on any atom is -0.465 e. The quantitative estimate of drug-likeness (QED) is 0.177. The zero-order chi connectivity index (χ0) is 42.9. The first kappa shape index (κ1) is 45.1. The van der Waals surface area contributed by atoms with Crippen molar-refractivity contribution in [3.63, 3.8) is 0 Å². The second-order valence-corrected chi connectivity index (χ2v) is 14.0. The number of hydrogen-bond donors (Lipinski definition) is 1. The number of amides is 2. The molecular weight excluding hydrogens is 782 g/mol. The SMILES string of the molecule is COC(=O)[C@@]1(O[C@H]2[C@@H](O)[C@@H](COCc3ccccc3)O[C@@H](OC)[C@@H]2OCc2ccccc2)C[C@@H]2OC(=O)N(C(C)=O)[C@H]2[C@H]([C@H](OC(C)=O)[C@@H](COC(C)=O)OC(C)=O)O1. The van der Waals surface area contributed by atoms with Gasteiger partial charge in [0.25, 0.3) is 5.79 Å². The van der Waals surface area contributed by atoms with Crippen LogP contribution < -0.4 is 0 Å². The highest BCUT2D eigenvalue weighted by Gasteiger charge is 2.66. The molecule has 0 aromatic heterocycles. The third kappa shape index (κ3) is 11.0. The monoisotopic (exact) mass is 831 g/mol. The second-order valence-electron chi connectivity index (χ2n) is 14.0. The number of hydrogen-bond acceptors (Lipinski definition) is 18. The van der Waals surface area contributed by atoms with E-state index >= 15 is 0 Å². The van der Waals surface area contributed by atoms with Crippen LogP contribution in [-0.4, -0.2) is 140 Å². The maximum absolute atomic E-state index is 14.2. The van der Waals surface area contributed by atoms with Crippen LogP contribution in [0.1, 0.15) is 45.2 Å². The Morgan fingerprint density at radius 3 is 2.05 bits per heavy atom. The highest BCUT2D eigenvalue weighted by Crippen LogP contribution is 2.44. The van der Waals surface area contributed by atoms with E-state index in [1.807, 2.05) is 36.4 Å². The minimum absolute atomic E-state index is 0.0458. The minimum atomic E-state index is -2.65. The first-order valence-corrected chi connectivity index (χ1v) is 18.7. The van der Waals surface area contributed by atoms with Crippen LogP contribution in [0.25, 0.3) is 0 Å². The number of ether oxygens (including phenoxy) is 11. The molecule has 0 radical (unpaired) electrons. The van der Waals surface area contributed by atoms with Crippen molar-refractivity contribution in [1.29, 1.82) is 0 Å². The Hall–Kier alpha value is -5.02. The third-order valence-electron chi connectivity index (χ3n) is 9.71. The predicted octanol–water partition coefficient (Wildman–Crippen LogP) is 1.73. The molecule has 0 saturated carbocycles. The lowest BCUT2D eigenvalue weighted by Crippen LogP contribution is -2.70. The first-order chi connectivity index (χ1) is 28.2. The van der Waals surface area contributed by atoms with Crippen molar-refractivity contribution in [2.75, 3.05) is 27.4 Å². The number of esters is 4. The van der Waals surface area contributed by atoms with Crippen LogP contribution in [0.3, 0.4) is 0 Å². The molecule has 5 rings (SSSR count). The lowest BCUT2D eigenvalue weighted by atomic mass is 9.87. The maximum Gasteiger partial charge on any atom is 0.417 e. The number of fused-ring (bicyclic) bond motifs is 1. The molecule has 0 bridgehead atoms. The first-order valence-electron chi connectivity index (χ1n) is 18.7. The van der Waals surface area contributed by atoms with Crippen LogP contribution in [0.5, 0.6) is 0 Å². The summed E-state index contributed by atoms with van der Waals surface area (Å²) < 4.78 is 64.2.